The molecule has 0 bridgehead atoms. The molecule has 0 aromatic rings. The quantitative estimate of drug-likeness (QED) is 0.713. The fourth-order valence-corrected chi connectivity index (χ4v) is 2.06. The molecular weight excluding hydrogens is 208 g/mol. The highest BCUT2D eigenvalue weighted by atomic mass is 31.2. The van der Waals surface area contributed by atoms with Gasteiger partial charge in [0.1, 0.15) is 0 Å². The molecule has 3 nitrogen and oxygen atoms in total. The first-order valence-electron chi connectivity index (χ1n) is 3.75. The zero-order valence-corrected chi connectivity index (χ0v) is 7.98. The minimum absolute atomic E-state index is 0.116. The van der Waals surface area contributed by atoms with Crippen molar-refractivity contribution in [2.24, 2.45) is 5.92 Å². The Kier molecular flexibility index (Phi) is 4.42. The Balaban J connectivity index is 4.13. The van der Waals surface area contributed by atoms with Crippen molar-refractivity contribution >= 4 is 7.60 Å². The third-order valence-corrected chi connectivity index (χ3v) is 2.59. The van der Waals surface area contributed by atoms with Crippen LogP contribution in [0, 0.1) is 5.92 Å². The first kappa shape index (κ1) is 12.9. The smallest absolute Gasteiger partial charge is 0.324 e. The van der Waals surface area contributed by atoms with Gasteiger partial charge in [-0.3, -0.25) is 4.57 Å². The van der Waals surface area contributed by atoms with Gasteiger partial charge in [0.15, 0.2) is 0 Å². The van der Waals surface area contributed by atoms with Crippen molar-refractivity contribution in [3.63, 3.8) is 0 Å². The van der Waals surface area contributed by atoms with Crippen LogP contribution >= 0.6 is 7.60 Å². The van der Waals surface area contributed by atoms with Gasteiger partial charge in [0.2, 0.25) is 0 Å². The molecule has 0 rings (SSSR count). The van der Waals surface area contributed by atoms with Gasteiger partial charge in [0.25, 0.3) is 0 Å². The molecule has 0 aliphatic carbocycles. The van der Waals surface area contributed by atoms with Crippen LogP contribution in [-0.4, -0.2) is 22.1 Å². The lowest BCUT2D eigenvalue weighted by atomic mass is 10.1. The molecule has 0 spiro atoms. The molecule has 0 aliphatic rings. The zero-order valence-electron chi connectivity index (χ0n) is 7.08. The predicted octanol–water partition coefficient (Wildman–Crippen LogP) is 2.14. The number of hydrogen-bond donors (Lipinski definition) is 2. The van der Waals surface area contributed by atoms with Crippen molar-refractivity contribution in [1.82, 2.24) is 0 Å². The van der Waals surface area contributed by atoms with Gasteiger partial charge in [-0.1, -0.05) is 13.3 Å². The molecular formula is C6H12F3O3P. The summed E-state index contributed by atoms with van der Waals surface area (Å²) in [7, 11) is -4.32. The molecule has 80 valence electrons. The molecule has 13 heavy (non-hydrogen) atoms. The van der Waals surface area contributed by atoms with E-state index in [1.807, 2.05) is 0 Å². The highest BCUT2D eigenvalue weighted by molar-refractivity contribution is 7.51. The molecule has 0 amide bonds. The molecule has 0 fully saturated rings. The standard InChI is InChI=1S/C6H12F3O3P/c1-2-5(3-6(7,8)9)4-13(10,11)12/h5H,2-4H2,1H3,(H2,10,11,12). The summed E-state index contributed by atoms with van der Waals surface area (Å²) in [4.78, 5) is 16.9. The van der Waals surface area contributed by atoms with Crippen LogP contribution in [0.4, 0.5) is 13.2 Å². The largest absolute Gasteiger partial charge is 0.389 e. The minimum atomic E-state index is -4.35. The topological polar surface area (TPSA) is 57.5 Å². The van der Waals surface area contributed by atoms with Gasteiger partial charge < -0.3 is 9.79 Å². The second-order valence-electron chi connectivity index (χ2n) is 2.94. The molecule has 0 saturated carbocycles. The van der Waals surface area contributed by atoms with Crippen LogP contribution in [0.3, 0.4) is 0 Å². The fraction of sp³-hybridized carbons (Fsp3) is 1.00. The van der Waals surface area contributed by atoms with E-state index in [9.17, 15) is 17.7 Å². The number of alkyl halides is 3. The van der Waals surface area contributed by atoms with Crippen LogP contribution in [0.2, 0.25) is 0 Å². The molecule has 0 aromatic carbocycles. The van der Waals surface area contributed by atoms with E-state index in [1.54, 1.807) is 0 Å². The monoisotopic (exact) mass is 220 g/mol. The predicted molar refractivity (Wildman–Crippen MR) is 41.4 cm³/mol. The summed E-state index contributed by atoms with van der Waals surface area (Å²) in [6.45, 7) is 1.48. The van der Waals surface area contributed by atoms with E-state index in [2.05, 4.69) is 0 Å². The summed E-state index contributed by atoms with van der Waals surface area (Å²) in [5.74, 6) is -0.985. The van der Waals surface area contributed by atoms with E-state index < -0.39 is 32.3 Å². The van der Waals surface area contributed by atoms with Gasteiger partial charge in [-0.05, 0) is 5.92 Å². The number of halogens is 3. The Morgan fingerprint density at radius 3 is 2.08 bits per heavy atom. The van der Waals surface area contributed by atoms with Crippen LogP contribution in [0.1, 0.15) is 19.8 Å². The van der Waals surface area contributed by atoms with Gasteiger partial charge >= 0.3 is 13.8 Å². The summed E-state index contributed by atoms with van der Waals surface area (Å²) >= 11 is 0. The molecule has 7 heteroatoms. The Bertz CT molecular complexity index is 198. The lowest BCUT2D eigenvalue weighted by Crippen LogP contribution is -2.17. The first-order valence-corrected chi connectivity index (χ1v) is 5.55. The Hall–Kier alpha value is -0.0600. The lowest BCUT2D eigenvalue weighted by Gasteiger charge is -2.16. The molecule has 1 unspecified atom stereocenters. The van der Waals surface area contributed by atoms with Crippen molar-refractivity contribution in [2.75, 3.05) is 6.16 Å². The van der Waals surface area contributed by atoms with Crippen molar-refractivity contribution in [3.8, 4) is 0 Å². The van der Waals surface area contributed by atoms with Crippen molar-refractivity contribution in [1.29, 1.82) is 0 Å². The summed E-state index contributed by atoms with van der Waals surface area (Å²) in [5.41, 5.74) is 0. The maximum absolute atomic E-state index is 11.8. The zero-order chi connectivity index (χ0) is 10.7. The molecule has 0 saturated heterocycles. The molecule has 0 radical (unpaired) electrons. The van der Waals surface area contributed by atoms with Gasteiger partial charge in [-0.15, -0.1) is 0 Å². The Morgan fingerprint density at radius 2 is 1.85 bits per heavy atom. The van der Waals surface area contributed by atoms with E-state index in [0.717, 1.165) is 0 Å². The lowest BCUT2D eigenvalue weighted by molar-refractivity contribution is -0.143. The highest BCUT2D eigenvalue weighted by Gasteiger charge is 2.33. The molecule has 1 atom stereocenters. The van der Waals surface area contributed by atoms with Crippen LogP contribution in [0.25, 0.3) is 0 Å². The third-order valence-electron chi connectivity index (χ3n) is 1.59. The summed E-state index contributed by atoms with van der Waals surface area (Å²) in [6, 6.07) is 0. The third kappa shape index (κ3) is 8.28. The van der Waals surface area contributed by atoms with E-state index >= 15 is 0 Å². The van der Waals surface area contributed by atoms with Crippen LogP contribution in [-0.2, 0) is 4.57 Å². The summed E-state index contributed by atoms with van der Waals surface area (Å²) in [6.07, 6.45) is -6.06. The van der Waals surface area contributed by atoms with Crippen LogP contribution in [0.5, 0.6) is 0 Å². The van der Waals surface area contributed by atoms with Crippen LogP contribution in [0.15, 0.2) is 0 Å². The summed E-state index contributed by atoms with van der Waals surface area (Å²) < 4.78 is 45.9. The Morgan fingerprint density at radius 1 is 1.38 bits per heavy atom. The molecule has 2 N–H and O–H groups in total. The van der Waals surface area contributed by atoms with Crippen LogP contribution < -0.4 is 0 Å². The van der Waals surface area contributed by atoms with Crippen molar-refractivity contribution in [2.45, 2.75) is 25.9 Å². The van der Waals surface area contributed by atoms with Crippen molar-refractivity contribution in [3.05, 3.63) is 0 Å². The van der Waals surface area contributed by atoms with E-state index in [1.165, 1.54) is 6.92 Å². The number of rotatable bonds is 4. The average Bonchev–Trinajstić information content (AvgIpc) is 1.79. The molecule has 0 aliphatic heterocycles. The average molecular weight is 220 g/mol. The van der Waals surface area contributed by atoms with E-state index in [4.69, 9.17) is 9.79 Å². The van der Waals surface area contributed by atoms with Gasteiger partial charge in [-0.25, -0.2) is 0 Å². The second-order valence-corrected chi connectivity index (χ2v) is 4.64. The maximum atomic E-state index is 11.8. The first-order chi connectivity index (χ1) is 5.64. The van der Waals surface area contributed by atoms with E-state index in [0.29, 0.717) is 0 Å². The second kappa shape index (κ2) is 4.44. The fourth-order valence-electron chi connectivity index (χ4n) is 1.00. The molecule has 0 aromatic heterocycles. The molecule has 0 heterocycles. The van der Waals surface area contributed by atoms with Gasteiger partial charge in [0.05, 0.1) is 6.16 Å². The highest BCUT2D eigenvalue weighted by Crippen LogP contribution is 2.40. The van der Waals surface area contributed by atoms with Gasteiger partial charge in [0, 0.05) is 6.42 Å². The normalized spacial score (nSPS) is 15.8. The summed E-state index contributed by atoms with van der Waals surface area (Å²) in [5, 5.41) is 0. The minimum Gasteiger partial charge on any atom is -0.324 e. The van der Waals surface area contributed by atoms with Crippen molar-refractivity contribution < 1.29 is 27.5 Å². The van der Waals surface area contributed by atoms with E-state index in [-0.39, 0.29) is 6.42 Å². The SMILES string of the molecule is CCC(CC(F)(F)F)CP(=O)(O)O. The Labute approximate surface area is 74.1 Å². The number of hydrogen-bond acceptors (Lipinski definition) is 1. The van der Waals surface area contributed by atoms with Gasteiger partial charge in [-0.2, -0.15) is 13.2 Å². The maximum Gasteiger partial charge on any atom is 0.389 e.